The van der Waals surface area contributed by atoms with E-state index in [1.54, 1.807) is 19.1 Å². The average Bonchev–Trinajstić information content (AvgIpc) is 3.26. The zero-order valence-corrected chi connectivity index (χ0v) is 16.0. The number of hydrogen-bond acceptors (Lipinski definition) is 6. The predicted octanol–water partition coefficient (Wildman–Crippen LogP) is 3.38. The molecule has 1 saturated heterocycles. The summed E-state index contributed by atoms with van der Waals surface area (Å²) in [6.07, 6.45) is 1.84. The Morgan fingerprint density at radius 1 is 1.37 bits per heavy atom. The van der Waals surface area contributed by atoms with Gasteiger partial charge < -0.3 is 19.7 Å². The fourth-order valence-corrected chi connectivity index (χ4v) is 5.07. The summed E-state index contributed by atoms with van der Waals surface area (Å²) >= 11 is 1.51. The Kier molecular flexibility index (Phi) is 5.45. The Bertz CT molecular complexity index is 798. The molecule has 0 amide bonds. The van der Waals surface area contributed by atoms with E-state index < -0.39 is 6.10 Å². The van der Waals surface area contributed by atoms with Gasteiger partial charge in [0.25, 0.3) is 0 Å². The second-order valence-electron chi connectivity index (χ2n) is 7.43. The molecule has 27 heavy (non-hydrogen) atoms. The number of ether oxygens (including phenoxy) is 2. The van der Waals surface area contributed by atoms with Crippen molar-refractivity contribution in [3.8, 4) is 5.75 Å². The molecule has 2 aliphatic rings. The van der Waals surface area contributed by atoms with E-state index in [0.717, 1.165) is 17.8 Å². The van der Waals surface area contributed by atoms with E-state index in [4.69, 9.17) is 9.47 Å². The lowest BCUT2D eigenvalue weighted by Crippen LogP contribution is -2.33. The number of halogens is 1. The summed E-state index contributed by atoms with van der Waals surface area (Å²) in [6, 6.07) is 4.71. The predicted molar refractivity (Wildman–Crippen MR) is 99.1 cm³/mol. The third-order valence-electron chi connectivity index (χ3n) is 5.68. The molecule has 2 aromatic rings. The van der Waals surface area contributed by atoms with Gasteiger partial charge in [-0.25, -0.2) is 9.37 Å². The van der Waals surface area contributed by atoms with Crippen LogP contribution in [0.5, 0.6) is 5.75 Å². The van der Waals surface area contributed by atoms with E-state index in [2.05, 4.69) is 4.98 Å². The summed E-state index contributed by atoms with van der Waals surface area (Å²) in [6.45, 7) is 2.04. The van der Waals surface area contributed by atoms with Crippen LogP contribution in [0.3, 0.4) is 0 Å². The van der Waals surface area contributed by atoms with Gasteiger partial charge in [0.05, 0.1) is 31.1 Å². The molecule has 1 aromatic heterocycles. The van der Waals surface area contributed by atoms with Crippen molar-refractivity contribution in [2.45, 2.75) is 51.1 Å². The number of aliphatic hydroxyl groups is 2. The zero-order chi connectivity index (χ0) is 19.0. The van der Waals surface area contributed by atoms with Gasteiger partial charge in [0.2, 0.25) is 0 Å². The molecule has 2 N–H and O–H groups in total. The Balaban J connectivity index is 1.38. The Hall–Kier alpha value is -1.54. The topological polar surface area (TPSA) is 71.8 Å². The normalized spacial score (nSPS) is 30.3. The third kappa shape index (κ3) is 3.87. The number of fused-ring (bicyclic) bond motifs is 1. The van der Waals surface area contributed by atoms with Crippen LogP contribution in [0.4, 0.5) is 4.39 Å². The van der Waals surface area contributed by atoms with E-state index >= 15 is 0 Å². The molecule has 1 aromatic carbocycles. The van der Waals surface area contributed by atoms with Crippen molar-refractivity contribution in [3.63, 3.8) is 0 Å². The van der Waals surface area contributed by atoms with Crippen LogP contribution >= 0.6 is 11.3 Å². The molecule has 1 aliphatic heterocycles. The molecule has 5 atom stereocenters. The van der Waals surface area contributed by atoms with Crippen molar-refractivity contribution >= 4 is 11.3 Å². The van der Waals surface area contributed by atoms with Gasteiger partial charge >= 0.3 is 0 Å². The largest absolute Gasteiger partial charge is 0.493 e. The molecule has 4 rings (SSSR count). The van der Waals surface area contributed by atoms with Crippen molar-refractivity contribution in [2.24, 2.45) is 11.8 Å². The number of benzene rings is 1. The van der Waals surface area contributed by atoms with Gasteiger partial charge in [-0.05, 0) is 49.4 Å². The summed E-state index contributed by atoms with van der Waals surface area (Å²) in [4.78, 5) is 4.42. The van der Waals surface area contributed by atoms with Gasteiger partial charge in [-0.2, -0.15) is 0 Å². The van der Waals surface area contributed by atoms with E-state index in [0.29, 0.717) is 30.0 Å². The minimum absolute atomic E-state index is 0.00519. The molecule has 1 saturated carbocycles. The maximum absolute atomic E-state index is 13.4. The molecule has 0 spiro atoms. The average molecular weight is 393 g/mol. The Morgan fingerprint density at radius 3 is 2.96 bits per heavy atom. The molecule has 0 radical (unpaired) electrons. The van der Waals surface area contributed by atoms with Crippen molar-refractivity contribution in [3.05, 3.63) is 45.7 Å². The lowest BCUT2D eigenvalue weighted by Gasteiger charge is -2.33. The molecule has 0 unspecified atom stereocenters. The number of hydrogen-bond donors (Lipinski definition) is 2. The SMILES string of the molecule is Cc1cc(OC[C@@H]2[C@H]3CC[C@H](c4nc(CO)cs4)O[C@H]3C[C@@H]2O)ccc1F. The van der Waals surface area contributed by atoms with Crippen LogP contribution in [0.15, 0.2) is 23.6 Å². The molecular formula is C20H24FNO4S. The highest BCUT2D eigenvalue weighted by molar-refractivity contribution is 7.09. The van der Waals surface area contributed by atoms with Gasteiger partial charge in [0.1, 0.15) is 22.7 Å². The molecule has 0 bridgehead atoms. The van der Waals surface area contributed by atoms with Crippen LogP contribution in [-0.2, 0) is 11.3 Å². The van der Waals surface area contributed by atoms with Crippen LogP contribution in [0.25, 0.3) is 0 Å². The second-order valence-corrected chi connectivity index (χ2v) is 8.32. The first-order valence-corrected chi connectivity index (χ1v) is 10.2. The van der Waals surface area contributed by atoms with E-state index in [9.17, 15) is 14.6 Å². The number of aromatic nitrogens is 1. The van der Waals surface area contributed by atoms with E-state index in [1.165, 1.54) is 17.4 Å². The molecule has 1 aliphatic carbocycles. The molecule has 2 fully saturated rings. The second kappa shape index (κ2) is 7.83. The first-order chi connectivity index (χ1) is 13.0. The van der Waals surface area contributed by atoms with Crippen LogP contribution < -0.4 is 4.74 Å². The summed E-state index contributed by atoms with van der Waals surface area (Å²) in [5.74, 6) is 0.626. The van der Waals surface area contributed by atoms with Crippen molar-refractivity contribution in [1.82, 2.24) is 4.98 Å². The Labute approximate surface area is 161 Å². The molecule has 7 heteroatoms. The van der Waals surface area contributed by atoms with Gasteiger partial charge in [-0.3, -0.25) is 0 Å². The van der Waals surface area contributed by atoms with Gasteiger partial charge in [-0.15, -0.1) is 11.3 Å². The summed E-state index contributed by atoms with van der Waals surface area (Å²) in [5.41, 5.74) is 1.22. The van der Waals surface area contributed by atoms with E-state index in [-0.39, 0.29) is 36.5 Å². The quantitative estimate of drug-likeness (QED) is 0.815. The third-order valence-corrected chi connectivity index (χ3v) is 6.66. The first kappa shape index (κ1) is 18.8. The van der Waals surface area contributed by atoms with Crippen LogP contribution in [0, 0.1) is 24.6 Å². The maximum Gasteiger partial charge on any atom is 0.126 e. The minimum atomic E-state index is -0.468. The Morgan fingerprint density at radius 2 is 2.22 bits per heavy atom. The number of aliphatic hydroxyl groups excluding tert-OH is 2. The van der Waals surface area contributed by atoms with Crippen LogP contribution in [0.1, 0.15) is 41.6 Å². The lowest BCUT2D eigenvalue weighted by molar-refractivity contribution is -0.0812. The highest BCUT2D eigenvalue weighted by Gasteiger charge is 2.47. The van der Waals surface area contributed by atoms with Crippen molar-refractivity contribution in [1.29, 1.82) is 0 Å². The fourth-order valence-electron chi connectivity index (χ4n) is 4.19. The number of rotatable bonds is 5. The minimum Gasteiger partial charge on any atom is -0.493 e. The molecule has 146 valence electrons. The zero-order valence-electron chi connectivity index (χ0n) is 15.2. The van der Waals surface area contributed by atoms with Crippen molar-refractivity contribution < 1.29 is 24.1 Å². The number of nitrogens with zero attached hydrogens (tertiary/aromatic N) is 1. The molecular weight excluding hydrogens is 369 g/mol. The summed E-state index contributed by atoms with van der Waals surface area (Å²) in [5, 5.41) is 22.5. The first-order valence-electron chi connectivity index (χ1n) is 9.32. The molecule has 5 nitrogen and oxygen atoms in total. The highest BCUT2D eigenvalue weighted by Crippen LogP contribution is 2.46. The standard InChI is InChI=1S/C20H24FNO4S/c1-11-6-13(2-4-16(11)21)25-9-15-14-3-5-18(26-19(14)7-17(15)24)20-22-12(8-23)10-27-20/h2,4,6,10,14-15,17-19,23-24H,3,5,7-9H2,1H3/t14-,15-,17+,18-,19+/m1/s1. The summed E-state index contributed by atoms with van der Waals surface area (Å²) in [7, 11) is 0. The van der Waals surface area contributed by atoms with E-state index in [1.807, 2.05) is 5.38 Å². The summed E-state index contributed by atoms with van der Waals surface area (Å²) < 4.78 is 25.5. The van der Waals surface area contributed by atoms with Crippen molar-refractivity contribution in [2.75, 3.05) is 6.61 Å². The monoisotopic (exact) mass is 393 g/mol. The molecule has 2 heterocycles. The van der Waals surface area contributed by atoms with Crippen LogP contribution in [-0.4, -0.2) is 34.0 Å². The number of thiazole rings is 1. The van der Waals surface area contributed by atoms with Gasteiger partial charge in [-0.1, -0.05) is 0 Å². The number of aryl methyl sites for hydroxylation is 1. The van der Waals surface area contributed by atoms with Crippen LogP contribution in [0.2, 0.25) is 0 Å². The highest BCUT2D eigenvalue weighted by atomic mass is 32.1. The lowest BCUT2D eigenvalue weighted by atomic mass is 9.87. The van der Waals surface area contributed by atoms with Gasteiger partial charge in [0.15, 0.2) is 0 Å². The smallest absolute Gasteiger partial charge is 0.126 e. The fraction of sp³-hybridized carbons (Fsp3) is 0.550. The maximum atomic E-state index is 13.4. The van der Waals surface area contributed by atoms with Gasteiger partial charge in [0, 0.05) is 17.7 Å².